The van der Waals surface area contributed by atoms with Gasteiger partial charge in [-0.15, -0.1) is 0 Å². The summed E-state index contributed by atoms with van der Waals surface area (Å²) in [4.78, 5) is 0. The summed E-state index contributed by atoms with van der Waals surface area (Å²) in [6, 6.07) is 13.7. The molecule has 0 saturated carbocycles. The van der Waals surface area contributed by atoms with Gasteiger partial charge in [-0.2, -0.15) is 0 Å². The van der Waals surface area contributed by atoms with Crippen molar-refractivity contribution < 1.29 is 9.84 Å². The van der Waals surface area contributed by atoms with E-state index in [1.807, 2.05) is 32.0 Å². The van der Waals surface area contributed by atoms with E-state index in [1.165, 1.54) is 21.2 Å². The third-order valence-corrected chi connectivity index (χ3v) is 4.64. The number of methoxy groups -OCH3 is 1. The smallest absolute Gasteiger partial charge is 0.119 e. The highest BCUT2D eigenvalue weighted by Crippen LogP contribution is 2.39. The minimum atomic E-state index is 0.291. The summed E-state index contributed by atoms with van der Waals surface area (Å²) in [5.74, 6) is 1.19. The van der Waals surface area contributed by atoms with Crippen LogP contribution in [0.3, 0.4) is 0 Å². The van der Waals surface area contributed by atoms with E-state index in [9.17, 15) is 5.11 Å². The van der Waals surface area contributed by atoms with Gasteiger partial charge in [0.05, 0.1) is 7.11 Å². The van der Waals surface area contributed by atoms with Crippen LogP contribution in [0.25, 0.3) is 5.57 Å². The van der Waals surface area contributed by atoms with Crippen LogP contribution in [0.2, 0.25) is 0 Å². The molecule has 2 aromatic rings. The monoisotopic (exact) mass is 374 g/mol. The van der Waals surface area contributed by atoms with E-state index in [4.69, 9.17) is 4.74 Å². The fourth-order valence-electron chi connectivity index (χ4n) is 2.79. The summed E-state index contributed by atoms with van der Waals surface area (Å²) < 4.78 is 6.56. The van der Waals surface area contributed by atoms with Gasteiger partial charge in [-0.25, -0.2) is 0 Å². The molecule has 2 nitrogen and oxygen atoms in total. The number of hydrogen-bond acceptors (Lipinski definition) is 2. The molecule has 3 heteroatoms. The van der Waals surface area contributed by atoms with Gasteiger partial charge in [-0.05, 0) is 65.8 Å². The van der Waals surface area contributed by atoms with Gasteiger partial charge in [-0.1, -0.05) is 48.0 Å². The summed E-state index contributed by atoms with van der Waals surface area (Å²) in [6.07, 6.45) is 3.18. The predicted molar refractivity (Wildman–Crippen MR) is 100 cm³/mol. The number of benzene rings is 2. The molecule has 0 aliphatic heterocycles. The molecule has 0 heterocycles. The van der Waals surface area contributed by atoms with Crippen molar-refractivity contribution in [2.75, 3.05) is 7.11 Å². The molecule has 0 bridgehead atoms. The number of rotatable bonds is 2. The first-order valence-corrected chi connectivity index (χ1v) is 8.83. The Morgan fingerprint density at radius 2 is 1.70 bits per heavy atom. The van der Waals surface area contributed by atoms with Crippen LogP contribution >= 0.6 is 15.9 Å². The highest BCUT2D eigenvalue weighted by molar-refractivity contribution is 9.11. The van der Waals surface area contributed by atoms with Gasteiger partial charge in [0.2, 0.25) is 0 Å². The van der Waals surface area contributed by atoms with E-state index in [0.717, 1.165) is 30.6 Å². The third-order valence-electron chi connectivity index (χ3n) is 3.85. The van der Waals surface area contributed by atoms with Crippen molar-refractivity contribution in [2.24, 2.45) is 0 Å². The number of aryl methyl sites for hydroxylation is 1. The second-order valence-electron chi connectivity index (χ2n) is 5.20. The molecule has 2 aromatic carbocycles. The number of hydrogen-bond donors (Lipinski definition) is 1. The molecule has 0 saturated heterocycles. The third kappa shape index (κ3) is 3.97. The highest BCUT2D eigenvalue weighted by atomic mass is 79.9. The van der Waals surface area contributed by atoms with Gasteiger partial charge >= 0.3 is 0 Å². The zero-order valence-corrected chi connectivity index (χ0v) is 15.5. The van der Waals surface area contributed by atoms with Crippen LogP contribution in [-0.4, -0.2) is 12.2 Å². The molecule has 0 aromatic heterocycles. The molecule has 1 aliphatic rings. The van der Waals surface area contributed by atoms with Crippen LogP contribution in [0.5, 0.6) is 11.5 Å². The molecule has 0 unspecified atom stereocenters. The second-order valence-corrected chi connectivity index (χ2v) is 6.16. The Hall–Kier alpha value is -1.74. The van der Waals surface area contributed by atoms with Crippen LogP contribution in [0.1, 0.15) is 43.4 Å². The van der Waals surface area contributed by atoms with Gasteiger partial charge in [0.15, 0.2) is 0 Å². The minimum absolute atomic E-state index is 0.291. The normalized spacial score (nSPS) is 13.6. The number of aromatic hydroxyl groups is 1. The van der Waals surface area contributed by atoms with Crippen molar-refractivity contribution in [3.63, 3.8) is 0 Å². The Labute approximate surface area is 146 Å². The maximum Gasteiger partial charge on any atom is 0.119 e. The van der Waals surface area contributed by atoms with Crippen LogP contribution in [0.4, 0.5) is 0 Å². The minimum Gasteiger partial charge on any atom is -0.508 e. The molecule has 1 N–H and O–H groups in total. The van der Waals surface area contributed by atoms with Crippen molar-refractivity contribution in [1.82, 2.24) is 0 Å². The number of ether oxygens (including phenoxy) is 1. The zero-order chi connectivity index (χ0) is 16.8. The molecular weight excluding hydrogens is 352 g/mol. The first-order valence-electron chi connectivity index (χ1n) is 8.04. The standard InChI is InChI=1S/C18H17BrO2.C2H6/c1-21-15-9-10-16-13(11-15)3-2-4-17(19)18(16)12-5-7-14(20)8-6-12;1-2/h5-11,20H,2-4H2,1H3;1-2H3. The van der Waals surface area contributed by atoms with E-state index in [1.54, 1.807) is 19.2 Å². The second kappa shape index (κ2) is 8.21. The Kier molecular flexibility index (Phi) is 6.28. The maximum atomic E-state index is 9.50. The molecule has 0 spiro atoms. The quantitative estimate of drug-likeness (QED) is 0.706. The first kappa shape index (κ1) is 17.6. The van der Waals surface area contributed by atoms with Gasteiger partial charge in [0.25, 0.3) is 0 Å². The van der Waals surface area contributed by atoms with Crippen molar-refractivity contribution in [2.45, 2.75) is 33.1 Å². The Morgan fingerprint density at radius 1 is 1.00 bits per heavy atom. The molecular formula is C20H23BrO2. The Morgan fingerprint density at radius 3 is 2.35 bits per heavy atom. The van der Waals surface area contributed by atoms with Crippen LogP contribution < -0.4 is 4.74 Å². The number of phenols is 1. The molecule has 122 valence electrons. The number of fused-ring (bicyclic) bond motifs is 1. The number of allylic oxidation sites excluding steroid dienone is 1. The summed E-state index contributed by atoms with van der Waals surface area (Å²) in [5, 5.41) is 9.50. The van der Waals surface area contributed by atoms with Crippen molar-refractivity contribution in [1.29, 1.82) is 0 Å². The van der Waals surface area contributed by atoms with Gasteiger partial charge in [-0.3, -0.25) is 0 Å². The van der Waals surface area contributed by atoms with Gasteiger partial charge in [0, 0.05) is 4.48 Å². The lowest BCUT2D eigenvalue weighted by Crippen LogP contribution is -1.95. The molecule has 1 aliphatic carbocycles. The molecule has 23 heavy (non-hydrogen) atoms. The molecule has 0 radical (unpaired) electrons. The Bertz CT molecular complexity index is 687. The largest absolute Gasteiger partial charge is 0.508 e. The van der Waals surface area contributed by atoms with Crippen molar-refractivity contribution in [3.05, 3.63) is 63.6 Å². The lowest BCUT2D eigenvalue weighted by molar-refractivity contribution is 0.414. The van der Waals surface area contributed by atoms with Gasteiger partial charge < -0.3 is 9.84 Å². The zero-order valence-electron chi connectivity index (χ0n) is 13.9. The van der Waals surface area contributed by atoms with E-state index in [0.29, 0.717) is 5.75 Å². The summed E-state index contributed by atoms with van der Waals surface area (Å²) in [7, 11) is 1.70. The Balaban J connectivity index is 0.000000924. The number of halogens is 1. The van der Waals surface area contributed by atoms with Crippen LogP contribution in [0, 0.1) is 0 Å². The predicted octanol–water partition coefficient (Wildman–Crippen LogP) is 5.92. The van der Waals surface area contributed by atoms with Crippen LogP contribution in [0.15, 0.2) is 46.9 Å². The topological polar surface area (TPSA) is 29.5 Å². The summed E-state index contributed by atoms with van der Waals surface area (Å²) in [6.45, 7) is 4.00. The van der Waals surface area contributed by atoms with Crippen molar-refractivity contribution in [3.8, 4) is 11.5 Å². The molecule has 3 rings (SSSR count). The average molecular weight is 375 g/mol. The molecule has 0 atom stereocenters. The average Bonchev–Trinajstić information content (AvgIpc) is 2.75. The highest BCUT2D eigenvalue weighted by Gasteiger charge is 2.18. The SMILES string of the molecule is CC.COc1ccc2c(c1)CCCC(Br)=C2c1ccc(O)cc1. The molecule has 0 amide bonds. The summed E-state index contributed by atoms with van der Waals surface area (Å²) >= 11 is 3.75. The van der Waals surface area contributed by atoms with E-state index in [2.05, 4.69) is 28.1 Å². The molecule has 0 fully saturated rings. The fourth-order valence-corrected chi connectivity index (χ4v) is 3.52. The van der Waals surface area contributed by atoms with E-state index < -0.39 is 0 Å². The summed E-state index contributed by atoms with van der Waals surface area (Å²) in [5.41, 5.74) is 4.89. The van der Waals surface area contributed by atoms with Crippen molar-refractivity contribution >= 4 is 21.5 Å². The maximum absolute atomic E-state index is 9.50. The lowest BCUT2D eigenvalue weighted by Gasteiger charge is -2.14. The van der Waals surface area contributed by atoms with Gasteiger partial charge in [0.1, 0.15) is 11.5 Å². The fraction of sp³-hybridized carbons (Fsp3) is 0.300. The van der Waals surface area contributed by atoms with E-state index in [-0.39, 0.29) is 0 Å². The van der Waals surface area contributed by atoms with Crippen LogP contribution in [-0.2, 0) is 6.42 Å². The lowest BCUT2D eigenvalue weighted by atomic mass is 9.93. The first-order chi connectivity index (χ1) is 11.2. The number of phenolic OH excluding ortho intramolecular Hbond substituents is 1. The van der Waals surface area contributed by atoms with E-state index >= 15 is 0 Å².